The van der Waals surface area contributed by atoms with Gasteiger partial charge >= 0.3 is 0 Å². The predicted molar refractivity (Wildman–Crippen MR) is 277 cm³/mol. The average molecular weight is 805 g/mol. The first-order chi connectivity index (χ1) is 31.6. The van der Waals surface area contributed by atoms with Crippen LogP contribution in [0.5, 0.6) is 0 Å². The van der Waals surface area contributed by atoms with Gasteiger partial charge in [-0.3, -0.25) is 0 Å². The van der Waals surface area contributed by atoms with Crippen molar-refractivity contribution in [3.8, 4) is 44.5 Å². The van der Waals surface area contributed by atoms with Crippen molar-refractivity contribution in [3.05, 3.63) is 193 Å². The maximum absolute atomic E-state index is 2.56. The largest absolute Gasteiger partial charge is 0.0620 e. The lowest BCUT2D eigenvalue weighted by atomic mass is 9.84. The van der Waals surface area contributed by atoms with E-state index in [0.717, 1.165) is 0 Å². The third-order valence-corrected chi connectivity index (χ3v) is 15.7. The molecule has 64 heavy (non-hydrogen) atoms. The van der Waals surface area contributed by atoms with E-state index in [2.05, 4.69) is 196 Å². The van der Waals surface area contributed by atoms with E-state index in [1.165, 1.54) is 174 Å². The highest BCUT2D eigenvalue weighted by Gasteiger charge is 2.30. The quantitative estimate of drug-likeness (QED) is 0.121. The third kappa shape index (κ3) is 3.90. The normalized spacial score (nSPS) is 12.8. The SMILES string of the molecule is Cc1ccccc1-c1c2cc3c(cc2c(-c2ccccc2C)c2c4ccc5c6ccc7c8c(ccc(c9ccc(c12)c4c95)c86)-c1cc2ccccc2cc1-7)c1cccc2cccc3c21. The van der Waals surface area contributed by atoms with Crippen LogP contribution in [0.4, 0.5) is 0 Å². The van der Waals surface area contributed by atoms with E-state index >= 15 is 0 Å². The third-order valence-electron chi connectivity index (χ3n) is 15.7. The molecule has 292 valence electrons. The molecule has 16 rings (SSSR count). The summed E-state index contributed by atoms with van der Waals surface area (Å²) in [4.78, 5) is 0. The number of benzene rings is 13. The van der Waals surface area contributed by atoms with E-state index in [1.807, 2.05) is 0 Å². The van der Waals surface area contributed by atoms with Crippen molar-refractivity contribution in [2.75, 3.05) is 0 Å². The molecule has 0 saturated carbocycles. The highest BCUT2D eigenvalue weighted by atomic mass is 14.3. The van der Waals surface area contributed by atoms with Crippen molar-refractivity contribution in [1.29, 1.82) is 0 Å². The summed E-state index contributed by atoms with van der Waals surface area (Å²) in [5.74, 6) is 0. The molecular formula is C64H36. The van der Waals surface area contributed by atoms with Gasteiger partial charge in [0.15, 0.2) is 0 Å². The van der Waals surface area contributed by atoms with Gasteiger partial charge in [-0.05, 0) is 212 Å². The molecule has 15 aromatic rings. The number of rotatable bonds is 2. The molecule has 1 aliphatic rings. The van der Waals surface area contributed by atoms with E-state index < -0.39 is 0 Å². The van der Waals surface area contributed by atoms with Crippen LogP contribution in [0, 0.1) is 13.8 Å². The Kier molecular flexibility index (Phi) is 6.02. The van der Waals surface area contributed by atoms with Gasteiger partial charge in [0, 0.05) is 0 Å². The first-order valence-corrected chi connectivity index (χ1v) is 22.7. The van der Waals surface area contributed by atoms with E-state index in [0.29, 0.717) is 0 Å². The van der Waals surface area contributed by atoms with Gasteiger partial charge in [0.05, 0.1) is 0 Å². The molecule has 0 N–H and O–H groups in total. The molecule has 0 saturated heterocycles. The summed E-state index contributed by atoms with van der Waals surface area (Å²) < 4.78 is 0. The fraction of sp³-hybridized carbons (Fsp3) is 0.0312. The van der Waals surface area contributed by atoms with Crippen molar-refractivity contribution >= 4 is 118 Å². The van der Waals surface area contributed by atoms with Crippen LogP contribution >= 0.6 is 0 Å². The molecule has 0 bridgehead atoms. The van der Waals surface area contributed by atoms with Crippen LogP contribution < -0.4 is 0 Å². The minimum absolute atomic E-state index is 1.29. The van der Waals surface area contributed by atoms with Gasteiger partial charge in [0.25, 0.3) is 0 Å². The Morgan fingerprint density at radius 2 is 0.594 bits per heavy atom. The molecule has 0 unspecified atom stereocenters. The molecule has 1 aliphatic carbocycles. The summed E-state index contributed by atoms with van der Waals surface area (Å²) >= 11 is 0. The molecule has 0 spiro atoms. The van der Waals surface area contributed by atoms with Crippen molar-refractivity contribution in [3.63, 3.8) is 0 Å². The second-order valence-corrected chi connectivity index (χ2v) is 18.7. The molecule has 0 heteroatoms. The van der Waals surface area contributed by atoms with E-state index in [9.17, 15) is 0 Å². The number of hydrogen-bond donors (Lipinski definition) is 0. The van der Waals surface area contributed by atoms with Crippen molar-refractivity contribution in [1.82, 2.24) is 0 Å². The Morgan fingerprint density at radius 3 is 1.09 bits per heavy atom. The molecule has 0 heterocycles. The fourth-order valence-corrected chi connectivity index (χ4v) is 13.0. The minimum atomic E-state index is 1.29. The Bertz CT molecular complexity index is 4320. The number of aryl methyl sites for hydroxylation is 2. The maximum Gasteiger partial charge on any atom is -0.000730 e. The molecule has 0 amide bonds. The zero-order valence-corrected chi connectivity index (χ0v) is 35.3. The zero-order chi connectivity index (χ0) is 41.7. The first kappa shape index (κ1) is 33.6. The van der Waals surface area contributed by atoms with Gasteiger partial charge in [-0.2, -0.15) is 0 Å². The smallest absolute Gasteiger partial charge is 0.000730 e. The topological polar surface area (TPSA) is 0 Å². The molecule has 0 aliphatic heterocycles. The van der Waals surface area contributed by atoms with Crippen LogP contribution in [0.25, 0.3) is 163 Å². The lowest BCUT2D eigenvalue weighted by Crippen LogP contribution is -1.92. The van der Waals surface area contributed by atoms with Gasteiger partial charge in [-0.1, -0.05) is 158 Å². The maximum atomic E-state index is 2.56. The summed E-state index contributed by atoms with van der Waals surface area (Å²) in [6.07, 6.45) is 0. The van der Waals surface area contributed by atoms with E-state index in [1.54, 1.807) is 0 Å². The van der Waals surface area contributed by atoms with Crippen molar-refractivity contribution < 1.29 is 0 Å². The molecule has 0 aromatic heterocycles. The van der Waals surface area contributed by atoms with E-state index in [-0.39, 0.29) is 0 Å². The number of hydrogen-bond acceptors (Lipinski definition) is 0. The van der Waals surface area contributed by atoms with E-state index in [4.69, 9.17) is 0 Å². The van der Waals surface area contributed by atoms with Crippen LogP contribution in [-0.2, 0) is 0 Å². The van der Waals surface area contributed by atoms with Gasteiger partial charge in [-0.25, -0.2) is 0 Å². The van der Waals surface area contributed by atoms with Crippen molar-refractivity contribution in [2.24, 2.45) is 0 Å². The molecule has 0 nitrogen and oxygen atoms in total. The molecule has 0 radical (unpaired) electrons. The minimum Gasteiger partial charge on any atom is -0.0620 e. The second kappa shape index (κ2) is 11.5. The first-order valence-electron chi connectivity index (χ1n) is 22.7. The zero-order valence-electron chi connectivity index (χ0n) is 35.3. The molecule has 0 fully saturated rings. The molecule has 15 aromatic carbocycles. The van der Waals surface area contributed by atoms with Gasteiger partial charge < -0.3 is 0 Å². The Morgan fingerprint density at radius 1 is 0.203 bits per heavy atom. The van der Waals surface area contributed by atoms with Crippen molar-refractivity contribution in [2.45, 2.75) is 13.8 Å². The highest BCUT2D eigenvalue weighted by Crippen LogP contribution is 2.58. The van der Waals surface area contributed by atoms with Crippen LogP contribution in [0.1, 0.15) is 11.1 Å². The van der Waals surface area contributed by atoms with Gasteiger partial charge in [0.1, 0.15) is 0 Å². The highest BCUT2D eigenvalue weighted by molar-refractivity contribution is 6.47. The van der Waals surface area contributed by atoms with Crippen LogP contribution in [0.3, 0.4) is 0 Å². The van der Waals surface area contributed by atoms with Gasteiger partial charge in [0.2, 0.25) is 0 Å². The van der Waals surface area contributed by atoms with Crippen LogP contribution in [0.15, 0.2) is 182 Å². The van der Waals surface area contributed by atoms with Crippen LogP contribution in [-0.4, -0.2) is 0 Å². The fourth-order valence-electron chi connectivity index (χ4n) is 13.0. The Balaban J connectivity index is 1.12. The standard InChI is InChI=1S/C64H36/c1-33-11-3-7-17-38(33)57-54-31-52-40-19-9-15-35-16-10-20-41(56(35)40)53(52)32-55(54)58(39-18-8-4-12-34(39)2)64-49-28-26-45-43-22-24-47-51-30-37-14-6-5-13-36(37)29-50(51)46-23-21-42(59(43)61(46)47)44-25-27-48(63(57)64)62(49)60(44)45/h3-32H,1-2H3. The molecular weight excluding hydrogens is 769 g/mol. The van der Waals surface area contributed by atoms with Crippen LogP contribution in [0.2, 0.25) is 0 Å². The summed E-state index contributed by atoms with van der Waals surface area (Å²) in [5, 5.41) is 29.5. The monoisotopic (exact) mass is 804 g/mol. The lowest BCUT2D eigenvalue weighted by molar-refractivity contribution is 1.47. The lowest BCUT2D eigenvalue weighted by Gasteiger charge is -2.19. The number of fused-ring (bicyclic) bond motifs is 13. The summed E-state index contributed by atoms with van der Waals surface area (Å²) in [6, 6.07) is 70.0. The molecule has 0 atom stereocenters. The average Bonchev–Trinajstić information content (AvgIpc) is 3.95. The van der Waals surface area contributed by atoms with Gasteiger partial charge in [-0.15, -0.1) is 0 Å². The Hall–Kier alpha value is -8.06. The second-order valence-electron chi connectivity index (χ2n) is 18.7. The summed E-state index contributed by atoms with van der Waals surface area (Å²) in [6.45, 7) is 4.58. The predicted octanol–water partition coefficient (Wildman–Crippen LogP) is 18.3. The summed E-state index contributed by atoms with van der Waals surface area (Å²) in [5.41, 5.74) is 13.2. The Labute approximate surface area is 368 Å². The summed E-state index contributed by atoms with van der Waals surface area (Å²) in [7, 11) is 0.